The second kappa shape index (κ2) is 9.94. The van der Waals surface area contributed by atoms with Gasteiger partial charge in [-0.15, -0.1) is 0 Å². The van der Waals surface area contributed by atoms with Crippen LogP contribution in [0.25, 0.3) is 0 Å². The smallest absolute Gasteiger partial charge is 0.220 e. The molecule has 2 saturated carbocycles. The fourth-order valence-corrected chi connectivity index (χ4v) is 4.02. The molecular weight excluding hydrogens is 288 g/mol. The minimum atomic E-state index is 0.0153. The Labute approximate surface area is 141 Å². The van der Waals surface area contributed by atoms with Crippen LogP contribution in [-0.2, 0) is 9.59 Å². The first-order chi connectivity index (χ1) is 11.1. The number of nitrogens with one attached hydrogen (secondary N) is 2. The Balaban J connectivity index is 1.50. The molecule has 2 rings (SSSR count). The van der Waals surface area contributed by atoms with Crippen molar-refractivity contribution in [1.82, 2.24) is 10.6 Å². The number of carbonyl (C=O) groups is 2. The average Bonchev–Trinajstić information content (AvgIpc) is 3.22. The van der Waals surface area contributed by atoms with E-state index in [-0.39, 0.29) is 17.9 Å². The molecule has 2 amide bonds. The molecule has 0 aliphatic heterocycles. The maximum Gasteiger partial charge on any atom is 0.220 e. The predicted octanol–water partition coefficient (Wildman–Crippen LogP) is 3.55. The molecule has 4 nitrogen and oxygen atoms in total. The number of amides is 2. The Hall–Kier alpha value is -1.06. The molecule has 0 saturated heterocycles. The maximum absolute atomic E-state index is 11.9. The van der Waals surface area contributed by atoms with Gasteiger partial charge in [0.15, 0.2) is 0 Å². The molecule has 132 valence electrons. The molecule has 0 spiro atoms. The second-order valence-electron chi connectivity index (χ2n) is 7.65. The second-order valence-corrected chi connectivity index (χ2v) is 7.65. The standard InChI is InChI=1S/C19H34N2O2/c1-15(21-19(23)13-11-17-8-4-5-9-17)14-20-18(22)12-10-16-6-2-3-7-16/h15-17H,2-14H2,1H3,(H,20,22)(H,21,23)/t15-/m0/s1. The minimum Gasteiger partial charge on any atom is -0.354 e. The summed E-state index contributed by atoms with van der Waals surface area (Å²) in [7, 11) is 0. The van der Waals surface area contributed by atoms with Gasteiger partial charge in [-0.1, -0.05) is 51.4 Å². The van der Waals surface area contributed by atoms with Crippen molar-refractivity contribution in [3.63, 3.8) is 0 Å². The van der Waals surface area contributed by atoms with Gasteiger partial charge in [-0.25, -0.2) is 0 Å². The number of rotatable bonds is 9. The summed E-state index contributed by atoms with van der Waals surface area (Å²) in [4.78, 5) is 23.8. The van der Waals surface area contributed by atoms with E-state index in [2.05, 4.69) is 10.6 Å². The number of hydrogen-bond acceptors (Lipinski definition) is 2. The monoisotopic (exact) mass is 322 g/mol. The van der Waals surface area contributed by atoms with Crippen LogP contribution < -0.4 is 10.6 Å². The van der Waals surface area contributed by atoms with E-state index in [9.17, 15) is 9.59 Å². The minimum absolute atomic E-state index is 0.0153. The Kier molecular flexibility index (Phi) is 7.90. The lowest BCUT2D eigenvalue weighted by Gasteiger charge is -2.16. The molecule has 0 aromatic carbocycles. The summed E-state index contributed by atoms with van der Waals surface area (Å²) in [6.07, 6.45) is 13.8. The van der Waals surface area contributed by atoms with Crippen molar-refractivity contribution in [2.45, 2.75) is 90.0 Å². The lowest BCUT2D eigenvalue weighted by Crippen LogP contribution is -2.41. The van der Waals surface area contributed by atoms with Gasteiger partial charge in [0, 0.05) is 25.4 Å². The Morgan fingerprint density at radius 2 is 1.35 bits per heavy atom. The fraction of sp³-hybridized carbons (Fsp3) is 0.895. The molecule has 2 fully saturated rings. The quantitative estimate of drug-likeness (QED) is 0.682. The Morgan fingerprint density at radius 1 is 0.870 bits per heavy atom. The van der Waals surface area contributed by atoms with E-state index in [1.165, 1.54) is 51.4 Å². The molecule has 0 bridgehead atoms. The molecule has 2 N–H and O–H groups in total. The van der Waals surface area contributed by atoms with E-state index in [0.29, 0.717) is 19.4 Å². The van der Waals surface area contributed by atoms with Gasteiger partial charge in [-0.2, -0.15) is 0 Å². The van der Waals surface area contributed by atoms with E-state index in [4.69, 9.17) is 0 Å². The van der Waals surface area contributed by atoms with Gasteiger partial charge in [-0.05, 0) is 31.6 Å². The van der Waals surface area contributed by atoms with Crippen molar-refractivity contribution in [3.8, 4) is 0 Å². The van der Waals surface area contributed by atoms with Gasteiger partial charge in [0.1, 0.15) is 0 Å². The van der Waals surface area contributed by atoms with Gasteiger partial charge in [0.25, 0.3) is 0 Å². The normalized spacial score (nSPS) is 20.6. The van der Waals surface area contributed by atoms with Gasteiger partial charge in [0.2, 0.25) is 11.8 Å². The SMILES string of the molecule is C[C@@H](CNC(=O)CCC1CCCC1)NC(=O)CCC1CCCC1. The lowest BCUT2D eigenvalue weighted by molar-refractivity contribution is -0.123. The summed E-state index contributed by atoms with van der Waals surface area (Å²) in [6.45, 7) is 2.50. The number of carbonyl (C=O) groups excluding carboxylic acids is 2. The topological polar surface area (TPSA) is 58.2 Å². The van der Waals surface area contributed by atoms with Gasteiger partial charge < -0.3 is 10.6 Å². The summed E-state index contributed by atoms with van der Waals surface area (Å²) in [6, 6.07) is 0.0153. The first-order valence-electron chi connectivity index (χ1n) is 9.69. The molecule has 4 heteroatoms. The van der Waals surface area contributed by atoms with Crippen LogP contribution in [-0.4, -0.2) is 24.4 Å². The van der Waals surface area contributed by atoms with Crippen molar-refractivity contribution in [2.24, 2.45) is 11.8 Å². The van der Waals surface area contributed by atoms with Crippen molar-refractivity contribution in [1.29, 1.82) is 0 Å². The van der Waals surface area contributed by atoms with Crippen molar-refractivity contribution in [2.75, 3.05) is 6.54 Å². The highest BCUT2D eigenvalue weighted by atomic mass is 16.2. The van der Waals surface area contributed by atoms with E-state index < -0.39 is 0 Å². The third-order valence-electron chi connectivity index (χ3n) is 5.52. The molecule has 0 radical (unpaired) electrons. The maximum atomic E-state index is 11.9. The lowest BCUT2D eigenvalue weighted by atomic mass is 10.0. The summed E-state index contributed by atoms with van der Waals surface area (Å²) in [5, 5.41) is 5.96. The molecule has 0 aromatic heterocycles. The van der Waals surface area contributed by atoms with Crippen LogP contribution >= 0.6 is 0 Å². The molecule has 0 unspecified atom stereocenters. The van der Waals surface area contributed by atoms with Crippen LogP contribution in [0, 0.1) is 11.8 Å². The summed E-state index contributed by atoms with van der Waals surface area (Å²) < 4.78 is 0. The number of hydrogen-bond donors (Lipinski definition) is 2. The molecule has 0 heterocycles. The highest BCUT2D eigenvalue weighted by Gasteiger charge is 2.18. The molecular formula is C19H34N2O2. The Bertz CT molecular complexity index is 372. The first-order valence-corrected chi connectivity index (χ1v) is 9.69. The van der Waals surface area contributed by atoms with E-state index in [1.807, 2.05) is 6.92 Å². The third-order valence-corrected chi connectivity index (χ3v) is 5.52. The largest absolute Gasteiger partial charge is 0.354 e. The van der Waals surface area contributed by atoms with Crippen LogP contribution in [0.1, 0.15) is 84.0 Å². The zero-order valence-electron chi connectivity index (χ0n) is 14.7. The van der Waals surface area contributed by atoms with Crippen molar-refractivity contribution in [3.05, 3.63) is 0 Å². The van der Waals surface area contributed by atoms with Gasteiger partial charge in [-0.3, -0.25) is 9.59 Å². The fourth-order valence-electron chi connectivity index (χ4n) is 4.02. The highest BCUT2D eigenvalue weighted by Crippen LogP contribution is 2.29. The highest BCUT2D eigenvalue weighted by molar-refractivity contribution is 5.77. The molecule has 2 aliphatic rings. The summed E-state index contributed by atoms with van der Waals surface area (Å²) in [5.74, 6) is 1.77. The van der Waals surface area contributed by atoms with Crippen LogP contribution in [0.4, 0.5) is 0 Å². The zero-order chi connectivity index (χ0) is 16.5. The van der Waals surface area contributed by atoms with Crippen LogP contribution in [0.3, 0.4) is 0 Å². The molecule has 23 heavy (non-hydrogen) atoms. The van der Waals surface area contributed by atoms with Crippen LogP contribution in [0.15, 0.2) is 0 Å². The van der Waals surface area contributed by atoms with E-state index >= 15 is 0 Å². The van der Waals surface area contributed by atoms with Gasteiger partial charge in [0.05, 0.1) is 0 Å². The summed E-state index contributed by atoms with van der Waals surface area (Å²) >= 11 is 0. The molecule has 2 aliphatic carbocycles. The van der Waals surface area contributed by atoms with Crippen LogP contribution in [0.2, 0.25) is 0 Å². The van der Waals surface area contributed by atoms with E-state index in [0.717, 1.165) is 24.7 Å². The zero-order valence-corrected chi connectivity index (χ0v) is 14.7. The van der Waals surface area contributed by atoms with Crippen molar-refractivity contribution < 1.29 is 9.59 Å². The average molecular weight is 322 g/mol. The Morgan fingerprint density at radius 3 is 1.87 bits per heavy atom. The summed E-state index contributed by atoms with van der Waals surface area (Å²) in [5.41, 5.74) is 0. The predicted molar refractivity (Wildman–Crippen MR) is 93.0 cm³/mol. The van der Waals surface area contributed by atoms with Crippen molar-refractivity contribution >= 4 is 11.8 Å². The first kappa shape index (κ1) is 18.3. The molecule has 1 atom stereocenters. The van der Waals surface area contributed by atoms with Crippen LogP contribution in [0.5, 0.6) is 0 Å². The van der Waals surface area contributed by atoms with E-state index in [1.54, 1.807) is 0 Å². The third kappa shape index (κ3) is 7.36. The van der Waals surface area contributed by atoms with Gasteiger partial charge >= 0.3 is 0 Å². The molecule has 0 aromatic rings.